The van der Waals surface area contributed by atoms with E-state index in [1.54, 1.807) is 40.7 Å². The van der Waals surface area contributed by atoms with Crippen LogP contribution in [0.5, 0.6) is 0 Å². The number of benzene rings is 1. The third kappa shape index (κ3) is 4.50. The number of carbonyl (C=O) groups is 1. The summed E-state index contributed by atoms with van der Waals surface area (Å²) in [4.78, 5) is 12.3. The van der Waals surface area contributed by atoms with E-state index in [0.29, 0.717) is 11.5 Å². The minimum absolute atomic E-state index is 0.166. The van der Waals surface area contributed by atoms with Crippen LogP contribution in [0.4, 0.5) is 4.39 Å². The summed E-state index contributed by atoms with van der Waals surface area (Å²) in [5.74, 6) is -0.126. The Hall–Kier alpha value is -2.19. The maximum atomic E-state index is 14.1. The Balaban J connectivity index is 2.28. The molecule has 2 N–H and O–H groups in total. The van der Waals surface area contributed by atoms with Crippen LogP contribution in [0.25, 0.3) is 0 Å². The average Bonchev–Trinajstić information content (AvgIpc) is 2.84. The second-order valence-electron chi connectivity index (χ2n) is 6.48. The van der Waals surface area contributed by atoms with Crippen LogP contribution < -0.4 is 10.0 Å². The van der Waals surface area contributed by atoms with Crippen LogP contribution in [0.2, 0.25) is 0 Å². The first-order valence-corrected chi connectivity index (χ1v) is 9.69. The van der Waals surface area contributed by atoms with Crippen molar-refractivity contribution >= 4 is 15.9 Å². The highest BCUT2D eigenvalue weighted by atomic mass is 32.2. The molecular formula is C18H23FN2O4S. The highest BCUT2D eigenvalue weighted by Crippen LogP contribution is 2.22. The Labute approximate surface area is 152 Å². The predicted molar refractivity (Wildman–Crippen MR) is 95.9 cm³/mol. The molecule has 6 nitrogen and oxygen atoms in total. The molecule has 2 rings (SSSR count). The van der Waals surface area contributed by atoms with E-state index in [9.17, 15) is 17.6 Å². The number of rotatable bonds is 6. The molecular weight excluding hydrogens is 359 g/mol. The van der Waals surface area contributed by atoms with E-state index < -0.39 is 27.8 Å². The minimum Gasteiger partial charge on any atom is -0.466 e. The van der Waals surface area contributed by atoms with Crippen molar-refractivity contribution in [1.29, 1.82) is 0 Å². The highest BCUT2D eigenvalue weighted by molar-refractivity contribution is 7.89. The number of halogens is 1. The van der Waals surface area contributed by atoms with Gasteiger partial charge >= 0.3 is 0 Å². The first-order valence-electron chi connectivity index (χ1n) is 8.21. The van der Waals surface area contributed by atoms with Crippen LogP contribution in [0.1, 0.15) is 54.3 Å². The average molecular weight is 382 g/mol. The summed E-state index contributed by atoms with van der Waals surface area (Å²) in [7, 11) is -3.83. The molecule has 2 aromatic rings. The van der Waals surface area contributed by atoms with Gasteiger partial charge in [-0.2, -0.15) is 0 Å². The number of aryl methyl sites for hydroxylation is 2. The van der Waals surface area contributed by atoms with Gasteiger partial charge < -0.3 is 9.73 Å². The molecule has 26 heavy (non-hydrogen) atoms. The van der Waals surface area contributed by atoms with Gasteiger partial charge in [-0.1, -0.05) is 0 Å². The number of carbonyl (C=O) groups excluding carboxylic acids is 1. The quantitative estimate of drug-likeness (QED) is 0.803. The molecule has 1 atom stereocenters. The van der Waals surface area contributed by atoms with Gasteiger partial charge in [-0.05, 0) is 58.9 Å². The third-order valence-corrected chi connectivity index (χ3v) is 5.43. The van der Waals surface area contributed by atoms with Crippen molar-refractivity contribution in [2.45, 2.75) is 51.6 Å². The Morgan fingerprint density at radius 3 is 2.35 bits per heavy atom. The molecule has 0 bridgehead atoms. The molecule has 0 spiro atoms. The van der Waals surface area contributed by atoms with E-state index in [1.165, 1.54) is 0 Å². The largest absolute Gasteiger partial charge is 0.466 e. The monoisotopic (exact) mass is 382 g/mol. The van der Waals surface area contributed by atoms with Gasteiger partial charge in [-0.15, -0.1) is 0 Å². The van der Waals surface area contributed by atoms with Crippen molar-refractivity contribution in [2.24, 2.45) is 0 Å². The molecule has 0 fully saturated rings. The summed E-state index contributed by atoms with van der Waals surface area (Å²) in [5, 5.41) is 2.67. The van der Waals surface area contributed by atoms with Crippen molar-refractivity contribution in [3.8, 4) is 0 Å². The lowest BCUT2D eigenvalue weighted by atomic mass is 10.1. The predicted octanol–water partition coefficient (Wildman–Crippen LogP) is 3.21. The Morgan fingerprint density at radius 2 is 1.81 bits per heavy atom. The third-order valence-electron chi connectivity index (χ3n) is 3.78. The number of hydrogen-bond acceptors (Lipinski definition) is 4. The van der Waals surface area contributed by atoms with Crippen molar-refractivity contribution < 1.29 is 22.0 Å². The van der Waals surface area contributed by atoms with Crippen LogP contribution in [-0.2, 0) is 10.0 Å². The first kappa shape index (κ1) is 20.1. The molecule has 0 aliphatic rings. The molecule has 8 heteroatoms. The summed E-state index contributed by atoms with van der Waals surface area (Å²) in [6, 6.07) is 4.19. The molecule has 0 radical (unpaired) electrons. The zero-order chi connectivity index (χ0) is 19.6. The van der Waals surface area contributed by atoms with Gasteiger partial charge in [0.15, 0.2) is 0 Å². The zero-order valence-corrected chi connectivity index (χ0v) is 16.2. The number of amides is 1. The van der Waals surface area contributed by atoms with E-state index in [-0.39, 0.29) is 16.5 Å². The number of furan rings is 1. The smallest absolute Gasteiger partial charge is 0.254 e. The first-order chi connectivity index (χ1) is 12.0. The second-order valence-corrected chi connectivity index (χ2v) is 8.20. The van der Waals surface area contributed by atoms with E-state index in [4.69, 9.17) is 4.42 Å². The van der Waals surface area contributed by atoms with Crippen LogP contribution >= 0.6 is 0 Å². The molecule has 1 heterocycles. The summed E-state index contributed by atoms with van der Waals surface area (Å²) in [6.07, 6.45) is 0. The number of hydrogen-bond donors (Lipinski definition) is 2. The van der Waals surface area contributed by atoms with Crippen molar-refractivity contribution in [2.75, 3.05) is 0 Å². The lowest BCUT2D eigenvalue weighted by Crippen LogP contribution is -2.31. The van der Waals surface area contributed by atoms with E-state index in [2.05, 4.69) is 10.0 Å². The fourth-order valence-electron chi connectivity index (χ4n) is 2.66. The molecule has 0 aliphatic heterocycles. The summed E-state index contributed by atoms with van der Waals surface area (Å²) in [5.41, 5.74) is 0.447. The molecule has 1 amide bonds. The minimum atomic E-state index is -3.83. The van der Waals surface area contributed by atoms with E-state index in [0.717, 1.165) is 23.8 Å². The lowest BCUT2D eigenvalue weighted by molar-refractivity contribution is 0.0935. The maximum Gasteiger partial charge on any atom is 0.254 e. The summed E-state index contributed by atoms with van der Waals surface area (Å²) < 4.78 is 46.4. The molecule has 0 saturated heterocycles. The van der Waals surface area contributed by atoms with Crippen LogP contribution in [-0.4, -0.2) is 20.4 Å². The normalized spacial score (nSPS) is 13.0. The summed E-state index contributed by atoms with van der Waals surface area (Å²) >= 11 is 0. The fraction of sp³-hybridized carbons (Fsp3) is 0.389. The number of nitrogens with one attached hydrogen (secondary N) is 2. The molecule has 0 aliphatic carbocycles. The van der Waals surface area contributed by atoms with Gasteiger partial charge in [-0.25, -0.2) is 17.5 Å². The van der Waals surface area contributed by atoms with Gasteiger partial charge in [0.05, 0.1) is 16.5 Å². The Morgan fingerprint density at radius 1 is 1.15 bits per heavy atom. The molecule has 0 saturated carbocycles. The topological polar surface area (TPSA) is 88.4 Å². The van der Waals surface area contributed by atoms with Gasteiger partial charge in [0.25, 0.3) is 5.91 Å². The highest BCUT2D eigenvalue weighted by Gasteiger charge is 2.22. The van der Waals surface area contributed by atoms with E-state index in [1.807, 2.05) is 0 Å². The van der Waals surface area contributed by atoms with Gasteiger partial charge in [0.2, 0.25) is 10.0 Å². The maximum absolute atomic E-state index is 14.1. The molecule has 1 aromatic heterocycles. The standard InChI is InChI=1S/C18H23FN2O4S/c1-10(2)21-26(23,24)14-6-7-17(19)16(9-14)18(22)20-12(4)15-8-11(3)25-13(15)5/h6-10,12,21H,1-5H3,(H,20,22). The summed E-state index contributed by atoms with van der Waals surface area (Å²) in [6.45, 7) is 8.66. The Bertz CT molecular complexity index is 919. The van der Waals surface area contributed by atoms with Gasteiger partial charge in [-0.3, -0.25) is 4.79 Å². The van der Waals surface area contributed by atoms with Crippen LogP contribution in [0.15, 0.2) is 33.6 Å². The van der Waals surface area contributed by atoms with Crippen LogP contribution in [0, 0.1) is 19.7 Å². The zero-order valence-electron chi connectivity index (χ0n) is 15.4. The second kappa shape index (κ2) is 7.59. The SMILES string of the molecule is Cc1cc(C(C)NC(=O)c2cc(S(=O)(=O)NC(C)C)ccc2F)c(C)o1. The van der Waals surface area contributed by atoms with Crippen molar-refractivity contribution in [1.82, 2.24) is 10.0 Å². The number of sulfonamides is 1. The van der Waals surface area contributed by atoms with Gasteiger partial charge in [0, 0.05) is 11.6 Å². The van der Waals surface area contributed by atoms with E-state index >= 15 is 0 Å². The lowest BCUT2D eigenvalue weighted by Gasteiger charge is -2.15. The van der Waals surface area contributed by atoms with Gasteiger partial charge in [0.1, 0.15) is 17.3 Å². The molecule has 142 valence electrons. The van der Waals surface area contributed by atoms with Crippen molar-refractivity contribution in [3.63, 3.8) is 0 Å². The molecule has 1 aromatic carbocycles. The Kier molecular flexibility index (Phi) is 5.87. The molecule has 1 unspecified atom stereocenters. The fourth-order valence-corrected chi connectivity index (χ4v) is 3.93. The van der Waals surface area contributed by atoms with Crippen molar-refractivity contribution in [3.05, 3.63) is 52.7 Å². The van der Waals surface area contributed by atoms with Crippen LogP contribution in [0.3, 0.4) is 0 Å².